The first-order chi connectivity index (χ1) is 12.1. The lowest BCUT2D eigenvalue weighted by molar-refractivity contribution is -0.132. The van der Waals surface area contributed by atoms with Gasteiger partial charge in [-0.3, -0.25) is 14.4 Å². The van der Waals surface area contributed by atoms with Gasteiger partial charge >= 0.3 is 0 Å². The highest BCUT2D eigenvalue weighted by molar-refractivity contribution is 5.94. The zero-order chi connectivity index (χ0) is 17.6. The molecule has 8 heteroatoms. The third-order valence-corrected chi connectivity index (χ3v) is 4.06. The van der Waals surface area contributed by atoms with E-state index >= 15 is 0 Å². The summed E-state index contributed by atoms with van der Waals surface area (Å²) in [4.78, 5) is 39.5. The average molecular weight is 345 g/mol. The Kier molecular flexibility index (Phi) is 5.17. The number of nitrogens with zero attached hydrogens (tertiary/aromatic N) is 2. The summed E-state index contributed by atoms with van der Waals surface area (Å²) >= 11 is 0. The summed E-state index contributed by atoms with van der Waals surface area (Å²) in [6.45, 7) is 2.17. The summed E-state index contributed by atoms with van der Waals surface area (Å²) in [5.41, 5.74) is 0.514. The van der Waals surface area contributed by atoms with E-state index in [4.69, 9.17) is 8.83 Å². The highest BCUT2D eigenvalue weighted by atomic mass is 16.3. The number of carbonyl (C=O) groups excluding carboxylic acids is 3. The molecule has 2 aromatic heterocycles. The van der Waals surface area contributed by atoms with E-state index in [-0.39, 0.29) is 36.4 Å². The Morgan fingerprint density at radius 1 is 1.04 bits per heavy atom. The zero-order valence-electron chi connectivity index (χ0n) is 13.6. The minimum Gasteiger partial charge on any atom is -0.472 e. The fraction of sp³-hybridized carbons (Fsp3) is 0.353. The van der Waals surface area contributed by atoms with Gasteiger partial charge < -0.3 is 24.0 Å². The summed E-state index contributed by atoms with van der Waals surface area (Å²) in [5.74, 6) is -0.256. The van der Waals surface area contributed by atoms with Crippen molar-refractivity contribution < 1.29 is 23.2 Å². The minimum absolute atomic E-state index is 0.0462. The first-order valence-corrected chi connectivity index (χ1v) is 8.06. The fourth-order valence-corrected chi connectivity index (χ4v) is 2.66. The Morgan fingerprint density at radius 3 is 2.44 bits per heavy atom. The SMILES string of the molecule is O=C(NCCC(=O)N1CCN(C(=O)c2ccoc2)CC1)c1ccco1. The molecule has 1 aliphatic heterocycles. The lowest BCUT2D eigenvalue weighted by Crippen LogP contribution is -2.51. The van der Waals surface area contributed by atoms with E-state index in [2.05, 4.69) is 5.32 Å². The van der Waals surface area contributed by atoms with Crippen molar-refractivity contribution in [2.24, 2.45) is 0 Å². The van der Waals surface area contributed by atoms with Gasteiger partial charge in [0.2, 0.25) is 5.91 Å². The summed E-state index contributed by atoms with van der Waals surface area (Å²) in [6.07, 6.45) is 4.51. The van der Waals surface area contributed by atoms with E-state index in [1.807, 2.05) is 0 Å². The topological polar surface area (TPSA) is 96.0 Å². The van der Waals surface area contributed by atoms with Crippen LogP contribution in [0.3, 0.4) is 0 Å². The van der Waals surface area contributed by atoms with Crippen LogP contribution in [0.5, 0.6) is 0 Å². The second kappa shape index (κ2) is 7.69. The van der Waals surface area contributed by atoms with Gasteiger partial charge in [0, 0.05) is 39.1 Å². The molecule has 8 nitrogen and oxygen atoms in total. The van der Waals surface area contributed by atoms with E-state index in [1.165, 1.54) is 18.8 Å². The molecule has 0 radical (unpaired) electrons. The number of piperazine rings is 1. The molecule has 2 aromatic rings. The molecule has 0 spiro atoms. The predicted molar refractivity (Wildman–Crippen MR) is 86.8 cm³/mol. The molecule has 132 valence electrons. The van der Waals surface area contributed by atoms with Crippen molar-refractivity contribution in [2.75, 3.05) is 32.7 Å². The molecule has 0 saturated carbocycles. The average Bonchev–Trinajstić information content (AvgIpc) is 3.34. The molecule has 0 aromatic carbocycles. The molecule has 1 saturated heterocycles. The van der Waals surface area contributed by atoms with Gasteiger partial charge in [0.15, 0.2) is 5.76 Å². The smallest absolute Gasteiger partial charge is 0.286 e. The van der Waals surface area contributed by atoms with Crippen molar-refractivity contribution in [3.05, 3.63) is 48.3 Å². The molecule has 0 aliphatic carbocycles. The van der Waals surface area contributed by atoms with Crippen molar-refractivity contribution >= 4 is 17.7 Å². The predicted octanol–water partition coefficient (Wildman–Crippen LogP) is 0.977. The molecule has 0 unspecified atom stereocenters. The molecule has 25 heavy (non-hydrogen) atoms. The Morgan fingerprint density at radius 2 is 1.80 bits per heavy atom. The van der Waals surface area contributed by atoms with E-state index < -0.39 is 0 Å². The minimum atomic E-state index is -0.340. The van der Waals surface area contributed by atoms with Crippen LogP contribution in [-0.4, -0.2) is 60.2 Å². The van der Waals surface area contributed by atoms with Crippen molar-refractivity contribution in [1.82, 2.24) is 15.1 Å². The van der Waals surface area contributed by atoms with Crippen LogP contribution in [-0.2, 0) is 4.79 Å². The standard InChI is InChI=1S/C17H19N3O5/c21-15(3-5-18-16(22)14-2-1-10-25-14)19-6-8-20(9-7-19)17(23)13-4-11-24-12-13/h1-2,4,10-12H,3,5-9H2,(H,18,22). The van der Waals surface area contributed by atoms with Gasteiger partial charge in [-0.25, -0.2) is 0 Å². The third-order valence-electron chi connectivity index (χ3n) is 4.06. The monoisotopic (exact) mass is 345 g/mol. The van der Waals surface area contributed by atoms with Gasteiger partial charge in [0.1, 0.15) is 6.26 Å². The first-order valence-electron chi connectivity index (χ1n) is 8.06. The van der Waals surface area contributed by atoms with Crippen LogP contribution in [0.1, 0.15) is 27.3 Å². The normalized spacial score (nSPS) is 14.4. The Labute approximate surface area is 144 Å². The molecular formula is C17H19N3O5. The maximum Gasteiger partial charge on any atom is 0.286 e. The van der Waals surface area contributed by atoms with Crippen molar-refractivity contribution in [2.45, 2.75) is 6.42 Å². The Balaban J connectivity index is 1.39. The van der Waals surface area contributed by atoms with Gasteiger partial charge in [-0.15, -0.1) is 0 Å². The first kappa shape index (κ1) is 16.8. The van der Waals surface area contributed by atoms with Gasteiger partial charge in [0.05, 0.1) is 18.1 Å². The number of hydrogen-bond donors (Lipinski definition) is 1. The summed E-state index contributed by atoms with van der Waals surface area (Å²) in [7, 11) is 0. The van der Waals surface area contributed by atoms with Gasteiger partial charge in [-0.1, -0.05) is 0 Å². The molecule has 1 fully saturated rings. The van der Waals surface area contributed by atoms with E-state index in [9.17, 15) is 14.4 Å². The van der Waals surface area contributed by atoms with Crippen molar-refractivity contribution in [1.29, 1.82) is 0 Å². The lowest BCUT2D eigenvalue weighted by atomic mass is 10.2. The number of rotatable bonds is 5. The molecule has 3 heterocycles. The quantitative estimate of drug-likeness (QED) is 0.871. The molecule has 0 atom stereocenters. The Hall–Kier alpha value is -3.03. The van der Waals surface area contributed by atoms with E-state index in [0.29, 0.717) is 31.7 Å². The second-order valence-electron chi connectivity index (χ2n) is 5.67. The van der Waals surface area contributed by atoms with E-state index in [1.54, 1.807) is 28.0 Å². The van der Waals surface area contributed by atoms with Crippen LogP contribution in [0.15, 0.2) is 45.8 Å². The molecule has 3 amide bonds. The van der Waals surface area contributed by atoms with Gasteiger partial charge in [-0.2, -0.15) is 0 Å². The molecule has 3 rings (SSSR count). The van der Waals surface area contributed by atoms with Crippen molar-refractivity contribution in [3.8, 4) is 0 Å². The molecule has 0 bridgehead atoms. The third kappa shape index (κ3) is 4.09. The highest BCUT2D eigenvalue weighted by Gasteiger charge is 2.25. The summed E-state index contributed by atoms with van der Waals surface area (Å²) < 4.78 is 9.91. The van der Waals surface area contributed by atoms with Crippen LogP contribution in [0.2, 0.25) is 0 Å². The highest BCUT2D eigenvalue weighted by Crippen LogP contribution is 2.10. The maximum atomic E-state index is 12.2. The molecule has 1 N–H and O–H groups in total. The molecular weight excluding hydrogens is 326 g/mol. The maximum absolute atomic E-state index is 12.2. The lowest BCUT2D eigenvalue weighted by Gasteiger charge is -2.34. The second-order valence-corrected chi connectivity index (χ2v) is 5.67. The number of nitrogens with one attached hydrogen (secondary N) is 1. The summed E-state index contributed by atoms with van der Waals surface area (Å²) in [5, 5.41) is 2.65. The molecule has 1 aliphatic rings. The fourth-order valence-electron chi connectivity index (χ4n) is 2.66. The Bertz CT molecular complexity index is 716. The van der Waals surface area contributed by atoms with Crippen LogP contribution >= 0.6 is 0 Å². The van der Waals surface area contributed by atoms with Gasteiger partial charge in [-0.05, 0) is 18.2 Å². The number of furan rings is 2. The van der Waals surface area contributed by atoms with Crippen LogP contribution in [0.4, 0.5) is 0 Å². The van der Waals surface area contributed by atoms with Crippen LogP contribution < -0.4 is 5.32 Å². The number of amides is 3. The van der Waals surface area contributed by atoms with Crippen LogP contribution in [0, 0.1) is 0 Å². The van der Waals surface area contributed by atoms with Crippen LogP contribution in [0.25, 0.3) is 0 Å². The largest absolute Gasteiger partial charge is 0.472 e. The van der Waals surface area contributed by atoms with Gasteiger partial charge in [0.25, 0.3) is 11.8 Å². The summed E-state index contributed by atoms with van der Waals surface area (Å²) in [6, 6.07) is 4.82. The number of carbonyl (C=O) groups is 3. The zero-order valence-corrected chi connectivity index (χ0v) is 13.6. The van der Waals surface area contributed by atoms with Crippen molar-refractivity contribution in [3.63, 3.8) is 0 Å². The van der Waals surface area contributed by atoms with E-state index in [0.717, 1.165) is 0 Å². The number of hydrogen-bond acceptors (Lipinski definition) is 5.